The summed E-state index contributed by atoms with van der Waals surface area (Å²) in [5, 5.41) is 6.34. The van der Waals surface area contributed by atoms with Crippen molar-refractivity contribution in [2.24, 2.45) is 0 Å². The van der Waals surface area contributed by atoms with E-state index in [1.807, 2.05) is 24.3 Å². The number of benzene rings is 1. The van der Waals surface area contributed by atoms with Crippen LogP contribution < -0.4 is 10.6 Å². The third-order valence-corrected chi connectivity index (χ3v) is 3.23. The van der Waals surface area contributed by atoms with Crippen molar-refractivity contribution in [3.8, 4) is 0 Å². The maximum atomic E-state index is 12.3. The number of amides is 1. The molecule has 4 heteroatoms. The van der Waals surface area contributed by atoms with Crippen molar-refractivity contribution >= 4 is 11.6 Å². The van der Waals surface area contributed by atoms with E-state index < -0.39 is 0 Å². The first-order chi connectivity index (χ1) is 9.31. The smallest absolute Gasteiger partial charge is 0.253 e. The van der Waals surface area contributed by atoms with Gasteiger partial charge in [-0.3, -0.25) is 4.79 Å². The Labute approximate surface area is 114 Å². The molecule has 0 radical (unpaired) electrons. The molecule has 1 unspecified atom stereocenters. The summed E-state index contributed by atoms with van der Waals surface area (Å²) in [6.07, 6.45) is 3.05. The predicted octanol–water partition coefficient (Wildman–Crippen LogP) is 2.42. The van der Waals surface area contributed by atoms with Gasteiger partial charge in [-0.25, -0.2) is 0 Å². The molecule has 0 aromatic heterocycles. The lowest BCUT2D eigenvalue weighted by Crippen LogP contribution is -2.40. The number of carbonyl (C=O) groups is 1. The summed E-state index contributed by atoms with van der Waals surface area (Å²) in [5.41, 5.74) is 1.61. The van der Waals surface area contributed by atoms with Crippen LogP contribution in [0.5, 0.6) is 0 Å². The maximum absolute atomic E-state index is 12.3. The second kappa shape index (κ2) is 7.14. The van der Waals surface area contributed by atoms with Gasteiger partial charge in [-0.15, -0.1) is 0 Å². The van der Waals surface area contributed by atoms with E-state index in [1.165, 1.54) is 0 Å². The van der Waals surface area contributed by atoms with Crippen molar-refractivity contribution in [1.82, 2.24) is 5.32 Å². The van der Waals surface area contributed by atoms with E-state index >= 15 is 0 Å². The van der Waals surface area contributed by atoms with E-state index in [0.29, 0.717) is 12.2 Å². The molecule has 104 valence electrons. The first-order valence-electron chi connectivity index (χ1n) is 7.02. The molecular weight excluding hydrogens is 240 g/mol. The molecule has 1 aromatic carbocycles. The number of hydrogen-bond donors (Lipinski definition) is 2. The Balaban J connectivity index is 2.00. The zero-order valence-electron chi connectivity index (χ0n) is 11.4. The van der Waals surface area contributed by atoms with Gasteiger partial charge in [-0.1, -0.05) is 19.1 Å². The highest BCUT2D eigenvalue weighted by molar-refractivity contribution is 5.99. The summed E-state index contributed by atoms with van der Waals surface area (Å²) >= 11 is 0. The molecule has 1 aromatic rings. The summed E-state index contributed by atoms with van der Waals surface area (Å²) in [6, 6.07) is 7.78. The quantitative estimate of drug-likeness (QED) is 0.857. The van der Waals surface area contributed by atoms with Crippen LogP contribution in [0.4, 0.5) is 5.69 Å². The minimum absolute atomic E-state index is 0.0188. The second-order valence-electron chi connectivity index (χ2n) is 4.86. The molecule has 0 bridgehead atoms. The summed E-state index contributed by atoms with van der Waals surface area (Å²) in [6.45, 7) is 4.41. The zero-order chi connectivity index (χ0) is 13.5. The van der Waals surface area contributed by atoms with Crippen LogP contribution in [0.15, 0.2) is 24.3 Å². The molecule has 1 aliphatic heterocycles. The Morgan fingerprint density at radius 3 is 3.00 bits per heavy atom. The van der Waals surface area contributed by atoms with Gasteiger partial charge in [0.25, 0.3) is 5.91 Å². The van der Waals surface area contributed by atoms with Gasteiger partial charge in [-0.2, -0.15) is 0 Å². The molecule has 1 fully saturated rings. The molecule has 19 heavy (non-hydrogen) atoms. The van der Waals surface area contributed by atoms with Crippen molar-refractivity contribution in [3.63, 3.8) is 0 Å². The molecule has 0 spiro atoms. The summed E-state index contributed by atoms with van der Waals surface area (Å²) in [5.74, 6) is -0.0188. The highest BCUT2D eigenvalue weighted by atomic mass is 16.5. The predicted molar refractivity (Wildman–Crippen MR) is 76.5 cm³/mol. The van der Waals surface area contributed by atoms with Crippen LogP contribution in [-0.2, 0) is 4.74 Å². The van der Waals surface area contributed by atoms with Crippen LogP contribution in [0.1, 0.15) is 36.5 Å². The number of anilines is 1. The zero-order valence-corrected chi connectivity index (χ0v) is 11.4. The number of hydrogen-bond acceptors (Lipinski definition) is 3. The number of ether oxygens (including phenoxy) is 1. The molecule has 1 amide bonds. The minimum atomic E-state index is -0.0188. The summed E-state index contributed by atoms with van der Waals surface area (Å²) in [4.78, 5) is 12.3. The third kappa shape index (κ3) is 3.96. The van der Waals surface area contributed by atoms with Crippen molar-refractivity contribution in [2.75, 3.05) is 25.1 Å². The SMILES string of the molecule is CCCNc1ccccc1C(=O)NC1CCCOC1. The largest absolute Gasteiger partial charge is 0.384 e. The fourth-order valence-corrected chi connectivity index (χ4v) is 2.21. The number of carbonyl (C=O) groups excluding carboxylic acids is 1. The Morgan fingerprint density at radius 1 is 1.42 bits per heavy atom. The van der Waals surface area contributed by atoms with Crippen molar-refractivity contribution < 1.29 is 9.53 Å². The van der Waals surface area contributed by atoms with Crippen LogP contribution in [-0.4, -0.2) is 31.7 Å². The first-order valence-corrected chi connectivity index (χ1v) is 7.02. The molecule has 1 aliphatic rings. The van der Waals surface area contributed by atoms with Crippen molar-refractivity contribution in [1.29, 1.82) is 0 Å². The Kier molecular flexibility index (Phi) is 5.21. The van der Waals surface area contributed by atoms with Gasteiger partial charge < -0.3 is 15.4 Å². The average molecular weight is 262 g/mol. The standard InChI is InChI=1S/C15H22N2O2/c1-2-9-16-14-8-4-3-7-13(14)15(18)17-12-6-5-10-19-11-12/h3-4,7-8,12,16H,2,5-6,9-11H2,1H3,(H,17,18). The number of nitrogens with one attached hydrogen (secondary N) is 2. The van der Waals surface area contributed by atoms with Gasteiger partial charge in [0.2, 0.25) is 0 Å². The van der Waals surface area contributed by atoms with E-state index in [2.05, 4.69) is 17.6 Å². The van der Waals surface area contributed by atoms with Crippen molar-refractivity contribution in [3.05, 3.63) is 29.8 Å². The van der Waals surface area contributed by atoms with Gasteiger partial charge >= 0.3 is 0 Å². The molecule has 4 nitrogen and oxygen atoms in total. The monoisotopic (exact) mass is 262 g/mol. The van der Waals surface area contributed by atoms with Crippen LogP contribution in [0.3, 0.4) is 0 Å². The first kappa shape index (κ1) is 13.9. The average Bonchev–Trinajstić information content (AvgIpc) is 2.46. The fraction of sp³-hybridized carbons (Fsp3) is 0.533. The van der Waals surface area contributed by atoms with E-state index in [9.17, 15) is 4.79 Å². The van der Waals surface area contributed by atoms with E-state index in [1.54, 1.807) is 0 Å². The highest BCUT2D eigenvalue weighted by Crippen LogP contribution is 2.16. The van der Waals surface area contributed by atoms with Crippen LogP contribution in [0, 0.1) is 0 Å². The van der Waals surface area contributed by atoms with Gasteiger partial charge in [0.15, 0.2) is 0 Å². The Morgan fingerprint density at radius 2 is 2.26 bits per heavy atom. The maximum Gasteiger partial charge on any atom is 0.253 e. The van der Waals surface area contributed by atoms with Crippen LogP contribution >= 0.6 is 0 Å². The van der Waals surface area contributed by atoms with E-state index in [4.69, 9.17) is 4.74 Å². The Hall–Kier alpha value is -1.55. The summed E-state index contributed by atoms with van der Waals surface area (Å²) in [7, 11) is 0. The second-order valence-corrected chi connectivity index (χ2v) is 4.86. The molecule has 1 saturated heterocycles. The fourth-order valence-electron chi connectivity index (χ4n) is 2.21. The summed E-state index contributed by atoms with van der Waals surface area (Å²) < 4.78 is 5.38. The lowest BCUT2D eigenvalue weighted by Gasteiger charge is -2.23. The highest BCUT2D eigenvalue weighted by Gasteiger charge is 2.18. The molecule has 1 atom stereocenters. The van der Waals surface area contributed by atoms with E-state index in [-0.39, 0.29) is 11.9 Å². The van der Waals surface area contributed by atoms with Gasteiger partial charge in [-0.05, 0) is 31.4 Å². The van der Waals surface area contributed by atoms with Gasteiger partial charge in [0.1, 0.15) is 0 Å². The molecule has 1 heterocycles. The molecular formula is C15H22N2O2. The molecule has 0 saturated carbocycles. The topological polar surface area (TPSA) is 50.4 Å². The van der Waals surface area contributed by atoms with Gasteiger partial charge in [0.05, 0.1) is 18.2 Å². The van der Waals surface area contributed by atoms with Crippen molar-refractivity contribution in [2.45, 2.75) is 32.2 Å². The Bertz CT molecular complexity index is 414. The normalized spacial score (nSPS) is 18.9. The number of rotatable bonds is 5. The molecule has 2 N–H and O–H groups in total. The van der Waals surface area contributed by atoms with Gasteiger partial charge in [0, 0.05) is 18.8 Å². The molecule has 0 aliphatic carbocycles. The molecule has 2 rings (SSSR count). The minimum Gasteiger partial charge on any atom is -0.384 e. The van der Waals surface area contributed by atoms with Crippen LogP contribution in [0.25, 0.3) is 0 Å². The number of para-hydroxylation sites is 1. The van der Waals surface area contributed by atoms with E-state index in [0.717, 1.165) is 38.1 Å². The lowest BCUT2D eigenvalue weighted by molar-refractivity contribution is 0.0624. The lowest BCUT2D eigenvalue weighted by atomic mass is 10.1. The third-order valence-electron chi connectivity index (χ3n) is 3.23. The van der Waals surface area contributed by atoms with Crippen LogP contribution in [0.2, 0.25) is 0 Å².